The molecule has 1 saturated heterocycles. The summed E-state index contributed by atoms with van der Waals surface area (Å²) in [5.41, 5.74) is 1.21. The van der Waals surface area contributed by atoms with Crippen molar-refractivity contribution < 1.29 is 13.8 Å². The fourth-order valence-corrected chi connectivity index (χ4v) is 3.18. The Hall–Kier alpha value is -2.97. The van der Waals surface area contributed by atoms with E-state index >= 15 is 0 Å². The van der Waals surface area contributed by atoms with Crippen molar-refractivity contribution in [3.63, 3.8) is 0 Å². The quantitative estimate of drug-likeness (QED) is 0.770. The van der Waals surface area contributed by atoms with E-state index < -0.39 is 0 Å². The number of carbonyl (C=O) groups is 1. The average molecular weight is 342 g/mol. The number of aryl methyl sites for hydroxylation is 2. The summed E-state index contributed by atoms with van der Waals surface area (Å²) in [6, 6.07) is 1.70. The third-order valence-electron chi connectivity index (χ3n) is 4.39. The van der Waals surface area contributed by atoms with Crippen molar-refractivity contribution in [3.05, 3.63) is 23.8 Å². The van der Waals surface area contributed by atoms with Crippen LogP contribution in [-0.2, 0) is 4.79 Å². The van der Waals surface area contributed by atoms with Gasteiger partial charge in [-0.05, 0) is 26.7 Å². The van der Waals surface area contributed by atoms with E-state index in [1.54, 1.807) is 13.0 Å². The molecule has 4 rings (SSSR count). The van der Waals surface area contributed by atoms with Gasteiger partial charge in [-0.25, -0.2) is 4.98 Å². The molecular weight excluding hydrogens is 324 g/mol. The molecule has 1 aliphatic heterocycles. The molecule has 1 aliphatic rings. The molecule has 3 aromatic heterocycles. The maximum atomic E-state index is 12.6. The molecule has 0 aromatic carbocycles. The predicted molar refractivity (Wildman–Crippen MR) is 89.1 cm³/mol. The van der Waals surface area contributed by atoms with E-state index in [0.29, 0.717) is 23.8 Å². The monoisotopic (exact) mass is 342 g/mol. The Morgan fingerprint density at radius 3 is 2.96 bits per heavy atom. The Morgan fingerprint density at radius 1 is 1.28 bits per heavy atom. The van der Waals surface area contributed by atoms with Crippen LogP contribution in [0.25, 0.3) is 11.1 Å². The van der Waals surface area contributed by atoms with E-state index in [4.69, 9.17) is 9.05 Å². The van der Waals surface area contributed by atoms with E-state index in [2.05, 4.69) is 30.5 Å². The van der Waals surface area contributed by atoms with Gasteiger partial charge in [0.05, 0.1) is 11.6 Å². The van der Waals surface area contributed by atoms with Gasteiger partial charge >= 0.3 is 0 Å². The first kappa shape index (κ1) is 15.6. The molecule has 3 aromatic rings. The molecule has 0 bridgehead atoms. The number of fused-ring (bicyclic) bond motifs is 1. The van der Waals surface area contributed by atoms with E-state index in [1.165, 1.54) is 6.33 Å². The smallest absolute Gasteiger partial charge is 0.263 e. The molecule has 130 valence electrons. The highest BCUT2D eigenvalue weighted by molar-refractivity contribution is 5.93. The Kier molecular flexibility index (Phi) is 3.83. The highest BCUT2D eigenvalue weighted by Crippen LogP contribution is 2.29. The SMILES string of the molecule is Cc1cc(NC(=O)[C@@H]2CCCN(c3ncnc4onc(C)c34)C2)no1. The molecule has 0 saturated carbocycles. The zero-order chi connectivity index (χ0) is 17.4. The third-order valence-corrected chi connectivity index (χ3v) is 4.39. The number of piperidine rings is 1. The van der Waals surface area contributed by atoms with Gasteiger partial charge in [0.15, 0.2) is 5.82 Å². The molecule has 1 amide bonds. The lowest BCUT2D eigenvalue weighted by molar-refractivity contribution is -0.120. The number of nitrogens with one attached hydrogen (secondary N) is 1. The van der Waals surface area contributed by atoms with Crippen molar-refractivity contribution in [2.45, 2.75) is 26.7 Å². The van der Waals surface area contributed by atoms with Gasteiger partial charge in [0, 0.05) is 19.2 Å². The number of aromatic nitrogens is 4. The van der Waals surface area contributed by atoms with Gasteiger partial charge in [-0.2, -0.15) is 4.98 Å². The van der Waals surface area contributed by atoms with Gasteiger partial charge in [0.25, 0.3) is 5.71 Å². The lowest BCUT2D eigenvalue weighted by Gasteiger charge is -2.32. The molecule has 0 spiro atoms. The number of amides is 1. The summed E-state index contributed by atoms with van der Waals surface area (Å²) in [7, 11) is 0. The minimum absolute atomic E-state index is 0.0645. The van der Waals surface area contributed by atoms with Gasteiger partial charge < -0.3 is 19.3 Å². The second-order valence-corrected chi connectivity index (χ2v) is 6.24. The molecule has 0 radical (unpaired) electrons. The summed E-state index contributed by atoms with van der Waals surface area (Å²) in [5, 5.41) is 11.4. The van der Waals surface area contributed by atoms with Crippen LogP contribution in [0.3, 0.4) is 0 Å². The van der Waals surface area contributed by atoms with Crippen LogP contribution in [0.15, 0.2) is 21.4 Å². The largest absolute Gasteiger partial charge is 0.360 e. The van der Waals surface area contributed by atoms with Crippen LogP contribution >= 0.6 is 0 Å². The molecule has 0 aliphatic carbocycles. The highest BCUT2D eigenvalue weighted by Gasteiger charge is 2.29. The molecule has 9 heteroatoms. The Morgan fingerprint density at radius 2 is 2.16 bits per heavy atom. The molecule has 4 heterocycles. The fourth-order valence-electron chi connectivity index (χ4n) is 3.18. The standard InChI is InChI=1S/C16H18N6O3/c1-9-6-12(21-24-9)19-15(23)11-4-3-5-22(7-11)14-13-10(2)20-25-16(13)18-8-17-14/h6,8,11H,3-5,7H2,1-2H3,(H,19,21,23)/t11-/m1/s1. The lowest BCUT2D eigenvalue weighted by Crippen LogP contribution is -2.41. The zero-order valence-corrected chi connectivity index (χ0v) is 14.0. The molecule has 1 atom stereocenters. The maximum Gasteiger partial charge on any atom is 0.263 e. The van der Waals surface area contributed by atoms with Crippen molar-refractivity contribution in [1.29, 1.82) is 0 Å². The highest BCUT2D eigenvalue weighted by atomic mass is 16.5. The number of rotatable bonds is 3. The first-order chi connectivity index (χ1) is 12.1. The van der Waals surface area contributed by atoms with E-state index in [0.717, 1.165) is 36.3 Å². The number of hydrogen-bond donors (Lipinski definition) is 1. The topological polar surface area (TPSA) is 110 Å². The van der Waals surface area contributed by atoms with Gasteiger partial charge in [-0.3, -0.25) is 4.79 Å². The van der Waals surface area contributed by atoms with E-state index in [-0.39, 0.29) is 11.8 Å². The predicted octanol–water partition coefficient (Wildman–Crippen LogP) is 2.08. The lowest BCUT2D eigenvalue weighted by atomic mass is 9.97. The van der Waals surface area contributed by atoms with Gasteiger partial charge in [0.2, 0.25) is 5.91 Å². The van der Waals surface area contributed by atoms with Crippen LogP contribution in [0.2, 0.25) is 0 Å². The fraction of sp³-hybridized carbons (Fsp3) is 0.438. The van der Waals surface area contributed by atoms with Crippen LogP contribution in [0.4, 0.5) is 11.6 Å². The third kappa shape index (κ3) is 2.92. The van der Waals surface area contributed by atoms with Crippen LogP contribution in [0, 0.1) is 19.8 Å². The van der Waals surface area contributed by atoms with Gasteiger partial charge in [-0.15, -0.1) is 0 Å². The Balaban J connectivity index is 1.54. The number of nitrogens with zero attached hydrogens (tertiary/aromatic N) is 5. The Bertz CT molecular complexity index is 918. The minimum Gasteiger partial charge on any atom is -0.360 e. The van der Waals surface area contributed by atoms with Gasteiger partial charge in [-0.1, -0.05) is 10.3 Å². The van der Waals surface area contributed by atoms with Crippen LogP contribution < -0.4 is 10.2 Å². The van der Waals surface area contributed by atoms with E-state index in [1.807, 2.05) is 6.92 Å². The van der Waals surface area contributed by atoms with Crippen molar-refractivity contribution in [2.24, 2.45) is 5.92 Å². The molecule has 1 N–H and O–H groups in total. The summed E-state index contributed by atoms with van der Waals surface area (Å²) < 4.78 is 10.2. The van der Waals surface area contributed by atoms with Crippen molar-refractivity contribution >= 4 is 28.6 Å². The van der Waals surface area contributed by atoms with Crippen molar-refractivity contribution in [2.75, 3.05) is 23.3 Å². The maximum absolute atomic E-state index is 12.6. The minimum atomic E-state index is -0.157. The van der Waals surface area contributed by atoms with Crippen molar-refractivity contribution in [3.8, 4) is 0 Å². The normalized spacial score (nSPS) is 17.8. The summed E-state index contributed by atoms with van der Waals surface area (Å²) in [6.45, 7) is 5.04. The van der Waals surface area contributed by atoms with Crippen LogP contribution in [0.1, 0.15) is 24.3 Å². The van der Waals surface area contributed by atoms with E-state index in [9.17, 15) is 4.79 Å². The number of carbonyl (C=O) groups excluding carboxylic acids is 1. The summed E-state index contributed by atoms with van der Waals surface area (Å²) >= 11 is 0. The molecule has 9 nitrogen and oxygen atoms in total. The van der Waals surface area contributed by atoms with Crippen molar-refractivity contribution in [1.82, 2.24) is 20.3 Å². The summed E-state index contributed by atoms with van der Waals surface area (Å²) in [5.74, 6) is 1.64. The summed E-state index contributed by atoms with van der Waals surface area (Å²) in [6.07, 6.45) is 3.17. The first-order valence-corrected chi connectivity index (χ1v) is 8.18. The van der Waals surface area contributed by atoms with Crippen LogP contribution in [0.5, 0.6) is 0 Å². The number of anilines is 2. The number of hydrogen-bond acceptors (Lipinski definition) is 8. The molecule has 0 unspecified atom stereocenters. The molecule has 1 fully saturated rings. The summed E-state index contributed by atoms with van der Waals surface area (Å²) in [4.78, 5) is 23.1. The molecule has 25 heavy (non-hydrogen) atoms. The Labute approximate surface area is 143 Å². The zero-order valence-electron chi connectivity index (χ0n) is 14.0. The first-order valence-electron chi connectivity index (χ1n) is 8.18. The van der Waals surface area contributed by atoms with Crippen LogP contribution in [-0.4, -0.2) is 39.3 Å². The molecular formula is C16H18N6O3. The van der Waals surface area contributed by atoms with Gasteiger partial charge in [0.1, 0.15) is 23.3 Å². The second-order valence-electron chi connectivity index (χ2n) is 6.24. The average Bonchev–Trinajstić information content (AvgIpc) is 3.21. The second kappa shape index (κ2) is 6.15.